The Hall–Kier alpha value is -1.53. The maximum absolute atomic E-state index is 12.2. The molecule has 27 heavy (non-hydrogen) atoms. The van der Waals surface area contributed by atoms with Gasteiger partial charge >= 0.3 is 6.03 Å². The third kappa shape index (κ3) is 6.85. The molecule has 2 fully saturated rings. The lowest BCUT2D eigenvalue weighted by Gasteiger charge is -2.33. The minimum atomic E-state index is -0.110. The fourth-order valence-electron chi connectivity index (χ4n) is 4.13. The largest absolute Gasteiger partial charge is 0.468 e. The van der Waals surface area contributed by atoms with Gasteiger partial charge in [-0.2, -0.15) is 0 Å². The van der Waals surface area contributed by atoms with Crippen LogP contribution in [0.3, 0.4) is 0 Å². The van der Waals surface area contributed by atoms with E-state index >= 15 is 0 Å². The Morgan fingerprint density at radius 1 is 1.15 bits per heavy atom. The summed E-state index contributed by atoms with van der Waals surface area (Å²) in [5, 5.41) is 5.96. The van der Waals surface area contributed by atoms with E-state index in [-0.39, 0.29) is 12.1 Å². The average Bonchev–Trinajstić information content (AvgIpc) is 3.24. The molecule has 0 spiro atoms. The number of carbonyl (C=O) groups is 1. The topological polar surface area (TPSA) is 66.7 Å². The Kier molecular flexibility index (Phi) is 8.49. The molecule has 0 radical (unpaired) electrons. The highest BCUT2D eigenvalue weighted by molar-refractivity contribution is 5.73. The number of likely N-dealkylation sites (tertiary alicyclic amines) is 1. The van der Waals surface area contributed by atoms with E-state index in [1.165, 1.54) is 51.4 Å². The molecule has 1 saturated carbocycles. The zero-order valence-corrected chi connectivity index (χ0v) is 16.5. The van der Waals surface area contributed by atoms with Gasteiger partial charge in [0.2, 0.25) is 0 Å². The molecule has 1 aromatic heterocycles. The zero-order chi connectivity index (χ0) is 18.7. The van der Waals surface area contributed by atoms with Gasteiger partial charge in [-0.05, 0) is 57.3 Å². The minimum absolute atomic E-state index is 0.110. The monoisotopic (exact) mass is 377 g/mol. The normalized spacial score (nSPS) is 20.3. The van der Waals surface area contributed by atoms with Crippen LogP contribution in [0.15, 0.2) is 22.8 Å². The molecule has 2 heterocycles. The third-order valence-corrected chi connectivity index (χ3v) is 5.67. The number of hydrogen-bond acceptors (Lipinski definition) is 4. The third-order valence-electron chi connectivity index (χ3n) is 5.67. The van der Waals surface area contributed by atoms with Gasteiger partial charge < -0.3 is 19.8 Å². The van der Waals surface area contributed by atoms with Crippen LogP contribution in [0, 0.1) is 0 Å². The zero-order valence-electron chi connectivity index (χ0n) is 16.5. The molecular formula is C21H35N3O3. The van der Waals surface area contributed by atoms with Gasteiger partial charge in [-0.3, -0.25) is 4.90 Å². The molecule has 6 heteroatoms. The summed E-state index contributed by atoms with van der Waals surface area (Å²) in [5.41, 5.74) is 0. The van der Waals surface area contributed by atoms with E-state index in [9.17, 15) is 4.79 Å². The molecule has 6 nitrogen and oxygen atoms in total. The summed E-state index contributed by atoms with van der Waals surface area (Å²) >= 11 is 0. The van der Waals surface area contributed by atoms with E-state index in [4.69, 9.17) is 9.15 Å². The molecule has 0 aromatic carbocycles. The van der Waals surface area contributed by atoms with Gasteiger partial charge in [0.1, 0.15) is 5.76 Å². The number of ether oxygens (including phenoxy) is 1. The number of amides is 2. The summed E-state index contributed by atoms with van der Waals surface area (Å²) in [6.45, 7) is 4.07. The van der Waals surface area contributed by atoms with Crippen molar-refractivity contribution >= 4 is 6.03 Å². The molecule has 0 bridgehead atoms. The van der Waals surface area contributed by atoms with E-state index < -0.39 is 0 Å². The highest BCUT2D eigenvalue weighted by atomic mass is 16.5. The fourth-order valence-corrected chi connectivity index (χ4v) is 4.13. The molecule has 1 aliphatic heterocycles. The van der Waals surface area contributed by atoms with Crippen molar-refractivity contribution in [3.8, 4) is 0 Å². The van der Waals surface area contributed by atoms with Crippen LogP contribution in [0.1, 0.15) is 69.6 Å². The molecule has 2 amide bonds. The van der Waals surface area contributed by atoms with Gasteiger partial charge in [-0.25, -0.2) is 4.79 Å². The lowest BCUT2D eigenvalue weighted by molar-refractivity contribution is 0.0275. The maximum Gasteiger partial charge on any atom is 0.314 e. The van der Waals surface area contributed by atoms with Crippen LogP contribution < -0.4 is 10.6 Å². The molecule has 1 aromatic rings. The SMILES string of the molecule is O=C(NCCCOC1CCCCC1)NCC(c1ccco1)N1CCCCC1. The van der Waals surface area contributed by atoms with Crippen LogP contribution >= 0.6 is 0 Å². The van der Waals surface area contributed by atoms with Gasteiger partial charge in [0.25, 0.3) is 0 Å². The lowest BCUT2D eigenvalue weighted by atomic mass is 9.98. The number of rotatable bonds is 9. The molecular weight excluding hydrogens is 342 g/mol. The van der Waals surface area contributed by atoms with Gasteiger partial charge in [-0.1, -0.05) is 25.7 Å². The highest BCUT2D eigenvalue weighted by Crippen LogP contribution is 2.24. The second-order valence-corrected chi connectivity index (χ2v) is 7.75. The Bertz CT molecular complexity index is 523. The first-order valence-corrected chi connectivity index (χ1v) is 10.7. The quantitative estimate of drug-likeness (QED) is 0.642. The lowest BCUT2D eigenvalue weighted by Crippen LogP contribution is -2.43. The Labute approximate surface area is 163 Å². The van der Waals surface area contributed by atoms with Crippen molar-refractivity contribution in [1.29, 1.82) is 0 Å². The first kappa shape index (κ1) is 20.2. The van der Waals surface area contributed by atoms with Gasteiger partial charge in [0.05, 0.1) is 18.4 Å². The van der Waals surface area contributed by atoms with Gasteiger partial charge in [-0.15, -0.1) is 0 Å². The second kappa shape index (κ2) is 11.3. The van der Waals surface area contributed by atoms with Crippen molar-refractivity contribution in [3.63, 3.8) is 0 Å². The van der Waals surface area contributed by atoms with E-state index in [2.05, 4.69) is 15.5 Å². The number of piperidine rings is 1. The average molecular weight is 378 g/mol. The van der Waals surface area contributed by atoms with Crippen molar-refractivity contribution in [2.45, 2.75) is 69.9 Å². The smallest absolute Gasteiger partial charge is 0.314 e. The first-order valence-electron chi connectivity index (χ1n) is 10.7. The van der Waals surface area contributed by atoms with Crippen LogP contribution in [-0.4, -0.2) is 49.8 Å². The van der Waals surface area contributed by atoms with Crippen molar-refractivity contribution in [1.82, 2.24) is 15.5 Å². The van der Waals surface area contributed by atoms with Crippen LogP contribution in [-0.2, 0) is 4.74 Å². The predicted octanol–water partition coefficient (Wildman–Crippen LogP) is 3.85. The number of hydrogen-bond donors (Lipinski definition) is 2. The number of furan rings is 1. The molecule has 152 valence electrons. The number of carbonyl (C=O) groups excluding carboxylic acids is 1. The van der Waals surface area contributed by atoms with Gasteiger partial charge in [0, 0.05) is 19.7 Å². The first-order chi connectivity index (χ1) is 13.3. The number of nitrogens with one attached hydrogen (secondary N) is 2. The second-order valence-electron chi connectivity index (χ2n) is 7.75. The van der Waals surface area contributed by atoms with Crippen molar-refractivity contribution in [2.75, 3.05) is 32.8 Å². The summed E-state index contributed by atoms with van der Waals surface area (Å²) in [6.07, 6.45) is 13.0. The summed E-state index contributed by atoms with van der Waals surface area (Å²) in [6, 6.07) is 3.92. The number of nitrogens with zero attached hydrogens (tertiary/aromatic N) is 1. The summed E-state index contributed by atoms with van der Waals surface area (Å²) in [7, 11) is 0. The molecule has 1 saturated heterocycles. The molecule has 1 aliphatic carbocycles. The maximum atomic E-state index is 12.2. The summed E-state index contributed by atoms with van der Waals surface area (Å²) in [4.78, 5) is 14.6. The molecule has 3 rings (SSSR count). The van der Waals surface area contributed by atoms with Crippen molar-refractivity contribution in [2.24, 2.45) is 0 Å². The predicted molar refractivity (Wildman–Crippen MR) is 106 cm³/mol. The van der Waals surface area contributed by atoms with Crippen molar-refractivity contribution in [3.05, 3.63) is 24.2 Å². The van der Waals surface area contributed by atoms with E-state index in [0.29, 0.717) is 19.2 Å². The summed E-state index contributed by atoms with van der Waals surface area (Å²) in [5.74, 6) is 0.929. The number of urea groups is 1. The highest BCUT2D eigenvalue weighted by Gasteiger charge is 2.24. The van der Waals surface area contributed by atoms with Gasteiger partial charge in [0.15, 0.2) is 0 Å². The molecule has 2 aliphatic rings. The Balaban J connectivity index is 1.32. The van der Waals surface area contributed by atoms with Crippen LogP contribution in [0.2, 0.25) is 0 Å². The van der Waals surface area contributed by atoms with Crippen molar-refractivity contribution < 1.29 is 13.9 Å². The summed E-state index contributed by atoms with van der Waals surface area (Å²) < 4.78 is 11.5. The van der Waals surface area contributed by atoms with E-state index in [1.54, 1.807) is 6.26 Å². The van der Waals surface area contributed by atoms with E-state index in [0.717, 1.165) is 31.9 Å². The van der Waals surface area contributed by atoms with Crippen LogP contribution in [0.5, 0.6) is 0 Å². The standard InChI is InChI=1S/C21H35N3O3/c25-21(22-12-8-16-26-18-9-3-1-4-10-18)23-17-19(20-11-7-15-27-20)24-13-5-2-6-14-24/h7,11,15,18-19H,1-6,8-10,12-14,16-17H2,(H2,22,23,25). The Morgan fingerprint density at radius 3 is 2.67 bits per heavy atom. The van der Waals surface area contributed by atoms with Crippen LogP contribution in [0.4, 0.5) is 4.79 Å². The van der Waals surface area contributed by atoms with Crippen LogP contribution in [0.25, 0.3) is 0 Å². The molecule has 1 atom stereocenters. The fraction of sp³-hybridized carbons (Fsp3) is 0.762. The minimum Gasteiger partial charge on any atom is -0.468 e. The van der Waals surface area contributed by atoms with E-state index in [1.807, 2.05) is 12.1 Å². The molecule has 2 N–H and O–H groups in total. The molecule has 1 unspecified atom stereocenters. The Morgan fingerprint density at radius 2 is 1.93 bits per heavy atom.